The number of ether oxygens (including phenoxy) is 2. The molecule has 0 amide bonds. The molecule has 106 valence electrons. The standard InChI is InChI=1S/C13H20N2O4/c1-18-8-4-3-7-14-10-11-5-6-13(19-2)12(9-11)15(16)17/h5-6,9,14H,3-4,7-8,10H2,1-2H3. The Hall–Kier alpha value is -1.66. The van der Waals surface area contributed by atoms with E-state index in [1.165, 1.54) is 7.11 Å². The van der Waals surface area contributed by atoms with Gasteiger partial charge in [0.25, 0.3) is 0 Å². The van der Waals surface area contributed by atoms with Gasteiger partial charge in [-0.15, -0.1) is 0 Å². The average molecular weight is 268 g/mol. The number of nitro benzene ring substituents is 1. The zero-order valence-electron chi connectivity index (χ0n) is 11.3. The van der Waals surface area contributed by atoms with Crippen molar-refractivity contribution < 1.29 is 14.4 Å². The third kappa shape index (κ3) is 5.23. The predicted octanol–water partition coefficient (Wildman–Crippen LogP) is 2.12. The van der Waals surface area contributed by atoms with E-state index in [0.29, 0.717) is 6.54 Å². The topological polar surface area (TPSA) is 73.6 Å². The molecule has 0 saturated heterocycles. The van der Waals surface area contributed by atoms with Crippen molar-refractivity contribution in [1.29, 1.82) is 0 Å². The fraction of sp³-hybridized carbons (Fsp3) is 0.538. The van der Waals surface area contributed by atoms with Crippen LogP contribution < -0.4 is 10.1 Å². The number of nitrogens with one attached hydrogen (secondary N) is 1. The molecule has 0 atom stereocenters. The van der Waals surface area contributed by atoms with Crippen molar-refractivity contribution in [3.8, 4) is 5.75 Å². The van der Waals surface area contributed by atoms with Crippen molar-refractivity contribution in [3.63, 3.8) is 0 Å². The lowest BCUT2D eigenvalue weighted by atomic mass is 10.2. The molecule has 0 spiro atoms. The van der Waals surface area contributed by atoms with Crippen LogP contribution >= 0.6 is 0 Å². The van der Waals surface area contributed by atoms with E-state index < -0.39 is 4.92 Å². The minimum absolute atomic E-state index is 0.00110. The Morgan fingerprint density at radius 3 is 2.74 bits per heavy atom. The maximum atomic E-state index is 10.9. The van der Waals surface area contributed by atoms with Gasteiger partial charge in [-0.1, -0.05) is 6.07 Å². The maximum Gasteiger partial charge on any atom is 0.311 e. The van der Waals surface area contributed by atoms with E-state index in [2.05, 4.69) is 5.32 Å². The Labute approximate surface area is 112 Å². The van der Waals surface area contributed by atoms with Gasteiger partial charge in [-0.25, -0.2) is 0 Å². The maximum absolute atomic E-state index is 10.9. The molecule has 0 fully saturated rings. The fourth-order valence-corrected chi connectivity index (χ4v) is 1.72. The number of benzene rings is 1. The summed E-state index contributed by atoms with van der Waals surface area (Å²) in [5.74, 6) is 0.286. The molecule has 19 heavy (non-hydrogen) atoms. The van der Waals surface area contributed by atoms with E-state index in [0.717, 1.165) is 31.6 Å². The van der Waals surface area contributed by atoms with Gasteiger partial charge in [0.2, 0.25) is 0 Å². The quantitative estimate of drug-likeness (QED) is 0.422. The molecule has 6 heteroatoms. The average Bonchev–Trinajstić information content (AvgIpc) is 2.42. The summed E-state index contributed by atoms with van der Waals surface area (Å²) in [5, 5.41) is 14.1. The third-order valence-corrected chi connectivity index (χ3v) is 2.72. The van der Waals surface area contributed by atoms with Crippen LogP contribution in [0.1, 0.15) is 18.4 Å². The summed E-state index contributed by atoms with van der Waals surface area (Å²) >= 11 is 0. The Bertz CT molecular complexity index is 410. The van der Waals surface area contributed by atoms with Crippen molar-refractivity contribution in [2.45, 2.75) is 19.4 Å². The lowest BCUT2D eigenvalue weighted by Gasteiger charge is -2.06. The molecular formula is C13H20N2O4. The van der Waals surface area contributed by atoms with Crippen LogP contribution in [0.5, 0.6) is 5.75 Å². The summed E-state index contributed by atoms with van der Waals surface area (Å²) in [5.41, 5.74) is 0.875. The van der Waals surface area contributed by atoms with Crippen LogP contribution in [0, 0.1) is 10.1 Å². The second-order valence-electron chi connectivity index (χ2n) is 4.14. The predicted molar refractivity (Wildman–Crippen MR) is 72.5 cm³/mol. The first-order valence-corrected chi connectivity index (χ1v) is 6.20. The first-order chi connectivity index (χ1) is 9.19. The van der Waals surface area contributed by atoms with Crippen LogP contribution in [-0.2, 0) is 11.3 Å². The largest absolute Gasteiger partial charge is 0.490 e. The van der Waals surface area contributed by atoms with Gasteiger partial charge in [-0.2, -0.15) is 0 Å². The minimum atomic E-state index is -0.430. The van der Waals surface area contributed by atoms with Gasteiger partial charge in [0.15, 0.2) is 5.75 Å². The van der Waals surface area contributed by atoms with Crippen LogP contribution in [0.15, 0.2) is 18.2 Å². The van der Waals surface area contributed by atoms with Crippen LogP contribution in [0.4, 0.5) is 5.69 Å². The summed E-state index contributed by atoms with van der Waals surface area (Å²) < 4.78 is 9.91. The molecule has 0 aliphatic heterocycles. The number of nitrogens with zero attached hydrogens (tertiary/aromatic N) is 1. The Balaban J connectivity index is 2.46. The van der Waals surface area contributed by atoms with Gasteiger partial charge in [0, 0.05) is 26.3 Å². The highest BCUT2D eigenvalue weighted by Crippen LogP contribution is 2.27. The first kappa shape index (κ1) is 15.4. The van der Waals surface area contributed by atoms with Crippen molar-refractivity contribution in [2.75, 3.05) is 27.4 Å². The molecule has 1 N–H and O–H groups in total. The van der Waals surface area contributed by atoms with Crippen molar-refractivity contribution in [3.05, 3.63) is 33.9 Å². The normalized spacial score (nSPS) is 10.4. The first-order valence-electron chi connectivity index (χ1n) is 6.20. The summed E-state index contributed by atoms with van der Waals surface area (Å²) in [4.78, 5) is 10.4. The van der Waals surface area contributed by atoms with Crippen LogP contribution in [0.25, 0.3) is 0 Å². The van der Waals surface area contributed by atoms with Crippen molar-refractivity contribution in [1.82, 2.24) is 5.32 Å². The lowest BCUT2D eigenvalue weighted by Crippen LogP contribution is -2.15. The number of hydrogen-bond acceptors (Lipinski definition) is 5. The Morgan fingerprint density at radius 2 is 2.11 bits per heavy atom. The fourth-order valence-electron chi connectivity index (χ4n) is 1.72. The molecule has 0 unspecified atom stereocenters. The van der Waals surface area contributed by atoms with Crippen molar-refractivity contribution in [2.24, 2.45) is 0 Å². The van der Waals surface area contributed by atoms with Gasteiger partial charge in [-0.05, 0) is 31.0 Å². The van der Waals surface area contributed by atoms with E-state index in [1.807, 2.05) is 6.07 Å². The number of hydrogen-bond donors (Lipinski definition) is 1. The lowest BCUT2D eigenvalue weighted by molar-refractivity contribution is -0.385. The van der Waals surface area contributed by atoms with E-state index >= 15 is 0 Å². The van der Waals surface area contributed by atoms with Gasteiger partial charge >= 0.3 is 5.69 Å². The zero-order valence-corrected chi connectivity index (χ0v) is 11.3. The van der Waals surface area contributed by atoms with Crippen molar-refractivity contribution >= 4 is 5.69 Å². The third-order valence-electron chi connectivity index (χ3n) is 2.72. The van der Waals surface area contributed by atoms with E-state index in [-0.39, 0.29) is 11.4 Å². The van der Waals surface area contributed by atoms with Gasteiger partial charge in [0.1, 0.15) is 0 Å². The molecule has 1 aromatic rings. The molecule has 0 radical (unpaired) electrons. The minimum Gasteiger partial charge on any atom is -0.490 e. The van der Waals surface area contributed by atoms with Gasteiger partial charge in [-0.3, -0.25) is 10.1 Å². The molecule has 0 aromatic heterocycles. The summed E-state index contributed by atoms with van der Waals surface area (Å²) in [6.45, 7) is 2.23. The summed E-state index contributed by atoms with van der Waals surface area (Å²) in [6, 6.07) is 5.00. The molecule has 1 rings (SSSR count). The molecular weight excluding hydrogens is 248 g/mol. The zero-order chi connectivity index (χ0) is 14.1. The smallest absolute Gasteiger partial charge is 0.311 e. The Morgan fingerprint density at radius 1 is 1.32 bits per heavy atom. The monoisotopic (exact) mass is 268 g/mol. The second kappa shape index (κ2) is 8.44. The second-order valence-corrected chi connectivity index (χ2v) is 4.14. The molecule has 1 aromatic carbocycles. The number of rotatable bonds is 9. The molecule has 6 nitrogen and oxygen atoms in total. The Kier molecular flexibility index (Phi) is 6.84. The van der Waals surface area contributed by atoms with Gasteiger partial charge < -0.3 is 14.8 Å². The number of nitro groups is 1. The molecule has 0 bridgehead atoms. The molecule has 0 saturated carbocycles. The van der Waals surface area contributed by atoms with Crippen LogP contribution in [-0.4, -0.2) is 32.3 Å². The highest BCUT2D eigenvalue weighted by atomic mass is 16.6. The highest BCUT2D eigenvalue weighted by Gasteiger charge is 2.14. The molecule has 0 heterocycles. The number of methoxy groups -OCH3 is 2. The van der Waals surface area contributed by atoms with E-state index in [4.69, 9.17) is 9.47 Å². The van der Waals surface area contributed by atoms with E-state index in [9.17, 15) is 10.1 Å². The summed E-state index contributed by atoms with van der Waals surface area (Å²) in [7, 11) is 3.11. The molecule has 0 aliphatic rings. The van der Waals surface area contributed by atoms with Crippen LogP contribution in [0.2, 0.25) is 0 Å². The van der Waals surface area contributed by atoms with E-state index in [1.54, 1.807) is 19.2 Å². The SMILES string of the molecule is COCCCCNCc1ccc(OC)c([N+](=O)[O-])c1. The molecule has 0 aliphatic carbocycles. The highest BCUT2D eigenvalue weighted by molar-refractivity contribution is 5.48. The number of unbranched alkanes of at least 4 members (excludes halogenated alkanes) is 1. The van der Waals surface area contributed by atoms with Gasteiger partial charge in [0.05, 0.1) is 12.0 Å². The van der Waals surface area contributed by atoms with Crippen LogP contribution in [0.3, 0.4) is 0 Å². The summed E-state index contributed by atoms with van der Waals surface area (Å²) in [6.07, 6.45) is 2.03.